The first kappa shape index (κ1) is 13.9. The largest absolute Gasteiger partial charge is 0.372 e. The highest BCUT2D eigenvalue weighted by atomic mass is 16.6. The van der Waals surface area contributed by atoms with Crippen LogP contribution < -0.4 is 5.73 Å². The fourth-order valence-electron chi connectivity index (χ4n) is 1.34. The van der Waals surface area contributed by atoms with Gasteiger partial charge < -0.3 is 19.9 Å². The van der Waals surface area contributed by atoms with Gasteiger partial charge in [0.2, 0.25) is 0 Å². The molecule has 1 saturated heterocycles. The molecule has 96 valence electrons. The molecule has 0 aromatic rings. The van der Waals surface area contributed by atoms with E-state index >= 15 is 0 Å². The fraction of sp³-hybridized carbons (Fsp3) is 1.00. The second-order valence-corrected chi connectivity index (χ2v) is 5.27. The Balaban J connectivity index is 2.22. The van der Waals surface area contributed by atoms with Gasteiger partial charge in [-0.2, -0.15) is 0 Å². The minimum atomic E-state index is -0.561. The lowest BCUT2D eigenvalue weighted by Gasteiger charge is -2.30. The number of ether oxygens (including phenoxy) is 3. The van der Waals surface area contributed by atoms with Crippen LogP contribution in [0.25, 0.3) is 0 Å². The van der Waals surface area contributed by atoms with Gasteiger partial charge in [0.1, 0.15) is 11.8 Å². The molecule has 1 heterocycles. The Labute approximate surface area is 98.4 Å². The van der Waals surface area contributed by atoms with Crippen molar-refractivity contribution in [1.82, 2.24) is 0 Å². The summed E-state index contributed by atoms with van der Waals surface area (Å²) in [5.41, 5.74) is 5.07. The highest BCUT2D eigenvalue weighted by Crippen LogP contribution is 2.23. The lowest BCUT2D eigenvalue weighted by molar-refractivity contribution is -0.0830. The lowest BCUT2D eigenvalue weighted by atomic mass is 9.99. The number of nitrogens with two attached hydrogens (primary N) is 1. The summed E-state index contributed by atoms with van der Waals surface area (Å²) in [6.07, 6.45) is 2.14. The zero-order valence-electron chi connectivity index (χ0n) is 10.9. The van der Waals surface area contributed by atoms with Crippen molar-refractivity contribution in [1.29, 1.82) is 0 Å². The number of hydrogen-bond donors (Lipinski definition) is 1. The average molecular weight is 231 g/mol. The summed E-state index contributed by atoms with van der Waals surface area (Å²) in [5.74, 6) is 0. The molecular weight excluding hydrogens is 206 g/mol. The molecule has 1 rings (SSSR count). The number of epoxide rings is 1. The second-order valence-electron chi connectivity index (χ2n) is 5.27. The highest BCUT2D eigenvalue weighted by Gasteiger charge is 2.29. The molecule has 0 saturated carbocycles. The van der Waals surface area contributed by atoms with E-state index in [9.17, 15) is 0 Å². The normalized spacial score (nSPS) is 24.2. The first-order chi connectivity index (χ1) is 7.35. The van der Waals surface area contributed by atoms with Crippen LogP contribution >= 0.6 is 0 Å². The summed E-state index contributed by atoms with van der Waals surface area (Å²) in [7, 11) is 0. The Morgan fingerprint density at radius 3 is 2.38 bits per heavy atom. The van der Waals surface area contributed by atoms with Gasteiger partial charge in [0.25, 0.3) is 0 Å². The molecule has 1 aliphatic heterocycles. The van der Waals surface area contributed by atoms with Crippen molar-refractivity contribution >= 4 is 0 Å². The van der Waals surface area contributed by atoms with Crippen molar-refractivity contribution in [3.8, 4) is 0 Å². The summed E-state index contributed by atoms with van der Waals surface area (Å²) in [6, 6.07) is 0. The van der Waals surface area contributed by atoms with Gasteiger partial charge in [0.05, 0.1) is 25.4 Å². The third-order valence-electron chi connectivity index (χ3n) is 2.87. The topological polar surface area (TPSA) is 57.0 Å². The minimum absolute atomic E-state index is 0.128. The van der Waals surface area contributed by atoms with Gasteiger partial charge in [-0.1, -0.05) is 6.92 Å². The number of hydrogen-bond acceptors (Lipinski definition) is 4. The predicted octanol–water partition coefficient (Wildman–Crippen LogP) is 1.67. The van der Waals surface area contributed by atoms with Crippen LogP contribution in [-0.4, -0.2) is 37.3 Å². The molecule has 0 aliphatic carbocycles. The number of rotatable bonds is 8. The summed E-state index contributed by atoms with van der Waals surface area (Å²) < 4.78 is 16.5. The predicted molar refractivity (Wildman–Crippen MR) is 63.2 cm³/mol. The molecule has 0 bridgehead atoms. The van der Waals surface area contributed by atoms with Crippen LogP contribution in [0.3, 0.4) is 0 Å². The van der Waals surface area contributed by atoms with Gasteiger partial charge in [0, 0.05) is 0 Å². The van der Waals surface area contributed by atoms with E-state index in [2.05, 4.69) is 13.8 Å². The van der Waals surface area contributed by atoms with Crippen molar-refractivity contribution in [2.75, 3.05) is 19.8 Å². The van der Waals surface area contributed by atoms with Crippen molar-refractivity contribution in [2.24, 2.45) is 5.73 Å². The molecule has 4 heteroatoms. The SMILES string of the molecule is CCC(C)(CCOC(C)(C)N)OCC1CO1. The van der Waals surface area contributed by atoms with E-state index in [1.54, 1.807) is 0 Å². The van der Waals surface area contributed by atoms with E-state index in [1.165, 1.54) is 0 Å². The maximum absolute atomic E-state index is 5.87. The zero-order chi connectivity index (χ0) is 12.2. The van der Waals surface area contributed by atoms with Crippen LogP contribution in [0.4, 0.5) is 0 Å². The Morgan fingerprint density at radius 2 is 1.94 bits per heavy atom. The van der Waals surface area contributed by atoms with Crippen LogP contribution in [0.1, 0.15) is 40.5 Å². The smallest absolute Gasteiger partial charge is 0.111 e. The summed E-state index contributed by atoms with van der Waals surface area (Å²) in [6.45, 7) is 10.1. The summed E-state index contributed by atoms with van der Waals surface area (Å²) in [5, 5.41) is 0. The van der Waals surface area contributed by atoms with Crippen molar-refractivity contribution in [2.45, 2.75) is 58.0 Å². The Bertz CT molecular complexity index is 211. The van der Waals surface area contributed by atoms with Gasteiger partial charge in [-0.3, -0.25) is 0 Å². The van der Waals surface area contributed by atoms with E-state index in [1.807, 2.05) is 13.8 Å². The standard InChI is InChI=1S/C12H25NO3/c1-5-12(4,16-9-10-8-14-10)6-7-15-11(2,3)13/h10H,5-9,13H2,1-4H3. The van der Waals surface area contributed by atoms with Crippen LogP contribution in [0, 0.1) is 0 Å². The quantitative estimate of drug-likeness (QED) is 0.510. The van der Waals surface area contributed by atoms with Crippen LogP contribution in [0.2, 0.25) is 0 Å². The minimum Gasteiger partial charge on any atom is -0.372 e. The maximum atomic E-state index is 5.87. The summed E-state index contributed by atoms with van der Waals surface area (Å²) in [4.78, 5) is 0. The molecule has 0 radical (unpaired) electrons. The molecule has 1 aliphatic rings. The third-order valence-corrected chi connectivity index (χ3v) is 2.87. The molecule has 2 atom stereocenters. The summed E-state index contributed by atoms with van der Waals surface area (Å²) >= 11 is 0. The van der Waals surface area contributed by atoms with Crippen LogP contribution in [0.15, 0.2) is 0 Å². The van der Waals surface area contributed by atoms with Gasteiger partial charge in [0.15, 0.2) is 0 Å². The van der Waals surface area contributed by atoms with E-state index < -0.39 is 5.72 Å². The molecule has 2 unspecified atom stereocenters. The van der Waals surface area contributed by atoms with Gasteiger partial charge >= 0.3 is 0 Å². The van der Waals surface area contributed by atoms with Crippen molar-refractivity contribution < 1.29 is 14.2 Å². The highest BCUT2D eigenvalue weighted by molar-refractivity contribution is 4.77. The Hall–Kier alpha value is -0.160. The molecule has 0 aromatic carbocycles. The van der Waals surface area contributed by atoms with Gasteiger partial charge in [-0.05, 0) is 33.6 Å². The third kappa shape index (κ3) is 5.80. The van der Waals surface area contributed by atoms with E-state index in [4.69, 9.17) is 19.9 Å². The Morgan fingerprint density at radius 1 is 1.31 bits per heavy atom. The Kier molecular flexibility index (Phi) is 4.73. The molecule has 0 amide bonds. The lowest BCUT2D eigenvalue weighted by Crippen LogP contribution is -2.38. The van der Waals surface area contributed by atoms with Crippen LogP contribution in [0.5, 0.6) is 0 Å². The van der Waals surface area contributed by atoms with Crippen molar-refractivity contribution in [3.05, 3.63) is 0 Å². The first-order valence-corrected chi connectivity index (χ1v) is 6.03. The molecule has 0 spiro atoms. The van der Waals surface area contributed by atoms with Gasteiger partial charge in [-0.15, -0.1) is 0 Å². The molecular formula is C12H25NO3. The molecule has 1 fully saturated rings. The molecule has 16 heavy (non-hydrogen) atoms. The van der Waals surface area contributed by atoms with E-state index in [0.717, 1.165) is 19.4 Å². The first-order valence-electron chi connectivity index (χ1n) is 6.03. The zero-order valence-corrected chi connectivity index (χ0v) is 10.9. The fourth-order valence-corrected chi connectivity index (χ4v) is 1.34. The molecule has 4 nitrogen and oxygen atoms in total. The van der Waals surface area contributed by atoms with Crippen LogP contribution in [-0.2, 0) is 14.2 Å². The maximum Gasteiger partial charge on any atom is 0.111 e. The van der Waals surface area contributed by atoms with Crippen molar-refractivity contribution in [3.63, 3.8) is 0 Å². The molecule has 2 N–H and O–H groups in total. The average Bonchev–Trinajstić information content (AvgIpc) is 2.96. The van der Waals surface area contributed by atoms with Gasteiger partial charge in [-0.25, -0.2) is 0 Å². The van der Waals surface area contributed by atoms with E-state index in [0.29, 0.717) is 19.3 Å². The second kappa shape index (κ2) is 5.45. The molecule has 0 aromatic heterocycles. The monoisotopic (exact) mass is 231 g/mol. The van der Waals surface area contributed by atoms with E-state index in [-0.39, 0.29) is 5.60 Å².